The van der Waals surface area contributed by atoms with Crippen molar-refractivity contribution in [3.8, 4) is 5.75 Å². The van der Waals surface area contributed by atoms with E-state index in [1.165, 1.54) is 0 Å². The Kier molecular flexibility index (Phi) is 14.3. The Labute approximate surface area is 230 Å². The van der Waals surface area contributed by atoms with E-state index >= 15 is 0 Å². The summed E-state index contributed by atoms with van der Waals surface area (Å²) >= 11 is 0. The second kappa shape index (κ2) is 18.3. The molecule has 1 saturated heterocycles. The van der Waals surface area contributed by atoms with Crippen LogP contribution in [0.15, 0.2) is 48.5 Å². The van der Waals surface area contributed by atoms with Crippen molar-refractivity contribution in [3.63, 3.8) is 0 Å². The first-order chi connectivity index (χ1) is 19.2. The van der Waals surface area contributed by atoms with Crippen LogP contribution in [-0.4, -0.2) is 95.8 Å². The van der Waals surface area contributed by atoms with Gasteiger partial charge in [-0.15, -0.1) is 0 Å². The van der Waals surface area contributed by atoms with Crippen LogP contribution in [0.2, 0.25) is 0 Å². The Hall–Kier alpha value is -3.02. The number of piperidine rings is 1. The molecule has 0 bridgehead atoms. The number of carbonyl (C=O) groups excluding carboxylic acids is 2. The third-order valence-electron chi connectivity index (χ3n) is 5.98. The number of nitrogens with two attached hydrogens (primary N) is 1. The van der Waals surface area contributed by atoms with E-state index in [4.69, 9.17) is 29.4 Å². The summed E-state index contributed by atoms with van der Waals surface area (Å²) in [5.74, 6) is 0.303. The minimum absolute atomic E-state index is 0.00393. The van der Waals surface area contributed by atoms with Gasteiger partial charge in [-0.2, -0.15) is 0 Å². The van der Waals surface area contributed by atoms with Crippen LogP contribution in [0.1, 0.15) is 40.0 Å². The molecule has 0 aromatic heterocycles. The Morgan fingerprint density at radius 3 is 1.97 bits per heavy atom. The molecular weight excluding hydrogens is 502 g/mol. The topological polar surface area (TPSA) is 122 Å². The van der Waals surface area contributed by atoms with Crippen LogP contribution in [0.5, 0.6) is 5.75 Å². The van der Waals surface area contributed by atoms with Crippen LogP contribution >= 0.6 is 0 Å². The highest BCUT2D eigenvalue weighted by Gasteiger charge is 2.18. The van der Waals surface area contributed by atoms with Crippen LogP contribution < -0.4 is 15.8 Å². The van der Waals surface area contributed by atoms with E-state index in [1.54, 1.807) is 48.5 Å². The summed E-state index contributed by atoms with van der Waals surface area (Å²) < 4.78 is 27.3. The first kappa shape index (κ1) is 30.5. The van der Waals surface area contributed by atoms with Crippen molar-refractivity contribution < 1.29 is 33.3 Å². The Morgan fingerprint density at radius 1 is 0.718 bits per heavy atom. The second-order valence-corrected chi connectivity index (χ2v) is 9.00. The zero-order valence-corrected chi connectivity index (χ0v) is 22.6. The minimum Gasteiger partial charge on any atom is -0.491 e. The highest BCUT2D eigenvalue weighted by molar-refractivity contribution is 6.05. The zero-order chi connectivity index (χ0) is 27.5. The Morgan fingerprint density at radius 2 is 1.31 bits per heavy atom. The predicted octanol–water partition coefficient (Wildman–Crippen LogP) is 2.97. The van der Waals surface area contributed by atoms with E-state index < -0.39 is 0 Å². The lowest BCUT2D eigenvalue weighted by molar-refractivity contribution is -0.00387. The number of rotatable bonds is 18. The standard InChI is InChI=1S/C29H41N3O7/c30-10-13-35-14-15-36-16-17-37-18-19-38-20-21-39-27-9-5-6-24(23-27)28(33)31-26-8-4-7-25(22-26)29(34)32-11-2-1-3-12-32/h4-9,22-23H,1-3,10-21,30H2,(H,31,33). The molecule has 214 valence electrons. The summed E-state index contributed by atoms with van der Waals surface area (Å²) in [6, 6.07) is 14.0. The molecule has 0 spiro atoms. The molecule has 1 fully saturated rings. The smallest absolute Gasteiger partial charge is 0.255 e. The van der Waals surface area contributed by atoms with Gasteiger partial charge >= 0.3 is 0 Å². The van der Waals surface area contributed by atoms with E-state index in [2.05, 4.69) is 5.32 Å². The SMILES string of the molecule is NCCOCCOCCOCCOCCOc1cccc(C(=O)Nc2cccc(C(=O)N3CCCCC3)c2)c1. The van der Waals surface area contributed by atoms with Gasteiger partial charge in [0.05, 0.1) is 52.9 Å². The monoisotopic (exact) mass is 543 g/mol. The number of nitrogens with one attached hydrogen (secondary N) is 1. The maximum absolute atomic E-state index is 12.8. The molecule has 0 saturated carbocycles. The van der Waals surface area contributed by atoms with Gasteiger partial charge in [-0.1, -0.05) is 12.1 Å². The highest BCUT2D eigenvalue weighted by Crippen LogP contribution is 2.18. The summed E-state index contributed by atoms with van der Waals surface area (Å²) in [5, 5.41) is 2.88. The molecule has 2 aromatic carbocycles. The van der Waals surface area contributed by atoms with E-state index in [-0.39, 0.29) is 11.8 Å². The predicted molar refractivity (Wildman–Crippen MR) is 148 cm³/mol. The fourth-order valence-electron chi connectivity index (χ4n) is 4.00. The lowest BCUT2D eigenvalue weighted by Gasteiger charge is -2.26. The molecule has 1 aliphatic rings. The number of likely N-dealkylation sites (tertiary alicyclic amines) is 1. The van der Waals surface area contributed by atoms with Crippen molar-refractivity contribution in [3.05, 3.63) is 59.7 Å². The zero-order valence-electron chi connectivity index (χ0n) is 22.6. The number of hydrogen-bond acceptors (Lipinski definition) is 8. The third-order valence-corrected chi connectivity index (χ3v) is 5.98. The van der Waals surface area contributed by atoms with Gasteiger partial charge in [0.2, 0.25) is 0 Å². The van der Waals surface area contributed by atoms with Crippen molar-refractivity contribution >= 4 is 17.5 Å². The van der Waals surface area contributed by atoms with E-state index in [0.717, 1.165) is 32.4 Å². The molecule has 2 amide bonds. The van der Waals surface area contributed by atoms with Gasteiger partial charge in [-0.05, 0) is 55.7 Å². The molecule has 3 rings (SSSR count). The van der Waals surface area contributed by atoms with E-state index in [0.29, 0.717) is 88.6 Å². The number of benzene rings is 2. The van der Waals surface area contributed by atoms with Crippen LogP contribution in [-0.2, 0) is 18.9 Å². The largest absolute Gasteiger partial charge is 0.491 e. The summed E-state index contributed by atoms with van der Waals surface area (Å²) in [4.78, 5) is 27.5. The van der Waals surface area contributed by atoms with Gasteiger partial charge in [-0.3, -0.25) is 9.59 Å². The number of ether oxygens (including phenoxy) is 5. The van der Waals surface area contributed by atoms with Gasteiger partial charge in [0.25, 0.3) is 11.8 Å². The molecule has 3 N–H and O–H groups in total. The van der Waals surface area contributed by atoms with Gasteiger partial charge in [0.1, 0.15) is 12.4 Å². The van der Waals surface area contributed by atoms with Crippen LogP contribution in [0.25, 0.3) is 0 Å². The van der Waals surface area contributed by atoms with Gasteiger partial charge in [-0.25, -0.2) is 0 Å². The maximum atomic E-state index is 12.8. The molecule has 39 heavy (non-hydrogen) atoms. The first-order valence-electron chi connectivity index (χ1n) is 13.6. The molecule has 0 radical (unpaired) electrons. The van der Waals surface area contributed by atoms with Gasteiger partial charge in [0.15, 0.2) is 0 Å². The van der Waals surface area contributed by atoms with E-state index in [1.807, 2.05) is 4.90 Å². The second-order valence-electron chi connectivity index (χ2n) is 9.00. The van der Waals surface area contributed by atoms with Gasteiger partial charge < -0.3 is 39.6 Å². The first-order valence-corrected chi connectivity index (χ1v) is 13.6. The normalized spacial score (nSPS) is 13.3. The van der Waals surface area contributed by atoms with Gasteiger partial charge in [0, 0.05) is 36.4 Å². The van der Waals surface area contributed by atoms with Crippen molar-refractivity contribution in [2.75, 3.05) is 84.4 Å². The molecule has 1 heterocycles. The third kappa shape index (κ3) is 11.7. The Balaban J connectivity index is 1.31. The number of carbonyl (C=O) groups is 2. The average molecular weight is 544 g/mol. The fourth-order valence-corrected chi connectivity index (χ4v) is 4.00. The lowest BCUT2D eigenvalue weighted by atomic mass is 10.1. The van der Waals surface area contributed by atoms with Crippen molar-refractivity contribution in [1.82, 2.24) is 4.90 Å². The Bertz CT molecular complexity index is 998. The molecular formula is C29H41N3O7. The van der Waals surface area contributed by atoms with Crippen LogP contribution in [0.4, 0.5) is 5.69 Å². The summed E-state index contributed by atoms with van der Waals surface area (Å²) in [6.07, 6.45) is 3.23. The lowest BCUT2D eigenvalue weighted by Crippen LogP contribution is -2.35. The minimum atomic E-state index is -0.275. The molecule has 10 nitrogen and oxygen atoms in total. The van der Waals surface area contributed by atoms with Crippen molar-refractivity contribution in [2.24, 2.45) is 5.73 Å². The fraction of sp³-hybridized carbons (Fsp3) is 0.517. The quantitative estimate of drug-likeness (QED) is 0.275. The molecule has 10 heteroatoms. The average Bonchev–Trinajstić information content (AvgIpc) is 2.97. The summed E-state index contributed by atoms with van der Waals surface area (Å²) in [5.41, 5.74) is 6.95. The number of nitrogens with zero attached hydrogens (tertiary/aromatic N) is 1. The number of hydrogen-bond donors (Lipinski definition) is 2. The molecule has 1 aliphatic heterocycles. The van der Waals surface area contributed by atoms with Crippen molar-refractivity contribution in [2.45, 2.75) is 19.3 Å². The molecule has 0 unspecified atom stereocenters. The molecule has 0 aliphatic carbocycles. The van der Waals surface area contributed by atoms with Crippen LogP contribution in [0, 0.1) is 0 Å². The molecule has 2 aromatic rings. The van der Waals surface area contributed by atoms with E-state index in [9.17, 15) is 9.59 Å². The number of amides is 2. The van der Waals surface area contributed by atoms with Crippen molar-refractivity contribution in [1.29, 1.82) is 0 Å². The van der Waals surface area contributed by atoms with Crippen LogP contribution in [0.3, 0.4) is 0 Å². The number of anilines is 1. The molecule has 0 atom stereocenters. The maximum Gasteiger partial charge on any atom is 0.255 e. The summed E-state index contributed by atoms with van der Waals surface area (Å²) in [6.45, 7) is 6.31. The highest BCUT2D eigenvalue weighted by atomic mass is 16.6. The summed E-state index contributed by atoms with van der Waals surface area (Å²) in [7, 11) is 0.